The summed E-state index contributed by atoms with van der Waals surface area (Å²) in [4.78, 5) is 11.9. The van der Waals surface area contributed by atoms with Crippen molar-refractivity contribution in [1.29, 1.82) is 0 Å². The molecule has 2 N–H and O–H groups in total. The Balaban J connectivity index is 0.00000256. The van der Waals surface area contributed by atoms with Crippen LogP contribution in [0.15, 0.2) is 0 Å². The molecule has 0 bridgehead atoms. The molecule has 17 heavy (non-hydrogen) atoms. The second kappa shape index (κ2) is 9.72. The van der Waals surface area contributed by atoms with Gasteiger partial charge in [-0.3, -0.25) is 4.79 Å². The molecule has 0 aromatic heterocycles. The zero-order valence-corrected chi connectivity index (χ0v) is 11.9. The van der Waals surface area contributed by atoms with E-state index >= 15 is 0 Å². The Morgan fingerprint density at radius 2 is 1.82 bits per heavy atom. The van der Waals surface area contributed by atoms with E-state index in [1.807, 2.05) is 0 Å². The van der Waals surface area contributed by atoms with Crippen LogP contribution in [0.5, 0.6) is 0 Å². The number of hydrogen-bond donors (Lipinski definition) is 2. The molecule has 3 nitrogen and oxygen atoms in total. The van der Waals surface area contributed by atoms with Gasteiger partial charge in [0.1, 0.15) is 0 Å². The molecule has 0 aromatic rings. The molecule has 1 aliphatic rings. The van der Waals surface area contributed by atoms with Gasteiger partial charge in [0, 0.05) is 18.5 Å². The van der Waals surface area contributed by atoms with Gasteiger partial charge >= 0.3 is 0 Å². The molecule has 0 heterocycles. The van der Waals surface area contributed by atoms with E-state index in [0.29, 0.717) is 6.04 Å². The fourth-order valence-electron chi connectivity index (χ4n) is 2.36. The summed E-state index contributed by atoms with van der Waals surface area (Å²) in [5, 5.41) is 6.36. The minimum Gasteiger partial charge on any atom is -0.354 e. The van der Waals surface area contributed by atoms with Crippen molar-refractivity contribution in [3.63, 3.8) is 0 Å². The monoisotopic (exact) mass is 262 g/mol. The highest BCUT2D eigenvalue weighted by molar-refractivity contribution is 5.85. The zero-order valence-electron chi connectivity index (χ0n) is 11.1. The fraction of sp³-hybridized carbons (Fsp3) is 0.923. The van der Waals surface area contributed by atoms with Crippen LogP contribution in [0.1, 0.15) is 52.4 Å². The van der Waals surface area contributed by atoms with Crippen molar-refractivity contribution in [2.45, 2.75) is 58.4 Å². The van der Waals surface area contributed by atoms with Gasteiger partial charge in [0.15, 0.2) is 0 Å². The van der Waals surface area contributed by atoms with Gasteiger partial charge in [-0.25, -0.2) is 0 Å². The number of nitrogens with one attached hydrogen (secondary N) is 2. The Bertz CT molecular complexity index is 204. The van der Waals surface area contributed by atoms with Gasteiger partial charge in [0.25, 0.3) is 0 Å². The number of amides is 1. The summed E-state index contributed by atoms with van der Waals surface area (Å²) in [6.45, 7) is 5.91. The summed E-state index contributed by atoms with van der Waals surface area (Å²) in [5.41, 5.74) is 0. The van der Waals surface area contributed by atoms with Crippen molar-refractivity contribution < 1.29 is 4.79 Å². The predicted molar refractivity (Wildman–Crippen MR) is 74.6 cm³/mol. The van der Waals surface area contributed by atoms with Crippen molar-refractivity contribution in [3.8, 4) is 0 Å². The number of likely N-dealkylation sites (N-methyl/N-ethyl adjacent to an activating group) is 1. The topological polar surface area (TPSA) is 41.1 Å². The third-order valence-corrected chi connectivity index (χ3v) is 3.36. The summed E-state index contributed by atoms with van der Waals surface area (Å²) in [5.74, 6) is 0.544. The molecule has 1 amide bonds. The van der Waals surface area contributed by atoms with Crippen LogP contribution in [0.4, 0.5) is 0 Å². The Labute approximate surface area is 112 Å². The normalized spacial score (nSPS) is 18.9. The third-order valence-electron chi connectivity index (χ3n) is 3.36. The SMILES string of the molecule is CCN[C@H](C)CNC(=O)C1CCCCCC1.Cl. The molecule has 0 radical (unpaired) electrons. The first-order valence-corrected chi connectivity index (χ1v) is 6.75. The number of carbonyl (C=O) groups excluding carboxylic acids is 1. The predicted octanol–water partition coefficient (Wildman–Crippen LogP) is 2.49. The third kappa shape index (κ3) is 6.89. The molecular weight excluding hydrogens is 236 g/mol. The Hall–Kier alpha value is -0.280. The lowest BCUT2D eigenvalue weighted by Crippen LogP contribution is -2.41. The minimum absolute atomic E-state index is 0. The van der Waals surface area contributed by atoms with E-state index < -0.39 is 0 Å². The van der Waals surface area contributed by atoms with E-state index in [1.165, 1.54) is 25.7 Å². The first-order valence-electron chi connectivity index (χ1n) is 6.75. The molecule has 0 unspecified atom stereocenters. The lowest BCUT2D eigenvalue weighted by molar-refractivity contribution is -0.125. The van der Waals surface area contributed by atoms with Crippen molar-refractivity contribution in [3.05, 3.63) is 0 Å². The molecule has 0 spiro atoms. The second-order valence-corrected chi connectivity index (χ2v) is 4.89. The highest BCUT2D eigenvalue weighted by Crippen LogP contribution is 2.22. The molecule has 0 aromatic carbocycles. The zero-order chi connectivity index (χ0) is 11.8. The van der Waals surface area contributed by atoms with E-state index in [1.54, 1.807) is 0 Å². The van der Waals surface area contributed by atoms with E-state index in [0.717, 1.165) is 25.9 Å². The van der Waals surface area contributed by atoms with Crippen molar-refractivity contribution >= 4 is 18.3 Å². The quantitative estimate of drug-likeness (QED) is 0.748. The number of hydrogen-bond acceptors (Lipinski definition) is 2. The standard InChI is InChI=1S/C13H26N2O.ClH/c1-3-14-11(2)10-15-13(16)12-8-6-4-5-7-9-12;/h11-12,14H,3-10H2,1-2H3,(H,15,16);1H/t11-;/m1./s1. The molecule has 0 saturated heterocycles. The van der Waals surface area contributed by atoms with Crippen molar-refractivity contribution in [1.82, 2.24) is 10.6 Å². The van der Waals surface area contributed by atoms with Crippen LogP contribution in [-0.4, -0.2) is 25.0 Å². The average molecular weight is 263 g/mol. The molecule has 1 rings (SSSR count). The van der Waals surface area contributed by atoms with Crippen LogP contribution >= 0.6 is 12.4 Å². The molecule has 102 valence electrons. The molecule has 1 saturated carbocycles. The van der Waals surface area contributed by atoms with E-state index in [2.05, 4.69) is 24.5 Å². The summed E-state index contributed by atoms with van der Waals surface area (Å²) in [6, 6.07) is 0.375. The lowest BCUT2D eigenvalue weighted by Gasteiger charge is -2.17. The lowest BCUT2D eigenvalue weighted by atomic mass is 9.99. The van der Waals surface area contributed by atoms with Gasteiger partial charge in [-0.15, -0.1) is 12.4 Å². The molecule has 1 atom stereocenters. The van der Waals surface area contributed by atoms with Crippen LogP contribution < -0.4 is 10.6 Å². The van der Waals surface area contributed by atoms with Crippen LogP contribution in [-0.2, 0) is 4.79 Å². The minimum atomic E-state index is 0. The summed E-state index contributed by atoms with van der Waals surface area (Å²) >= 11 is 0. The van der Waals surface area contributed by atoms with Gasteiger partial charge in [-0.1, -0.05) is 32.6 Å². The van der Waals surface area contributed by atoms with E-state index in [-0.39, 0.29) is 24.2 Å². The maximum Gasteiger partial charge on any atom is 0.223 e. The number of carbonyl (C=O) groups is 1. The van der Waals surface area contributed by atoms with Crippen LogP contribution in [0, 0.1) is 5.92 Å². The molecule has 1 fully saturated rings. The summed E-state index contributed by atoms with van der Waals surface area (Å²) < 4.78 is 0. The smallest absolute Gasteiger partial charge is 0.223 e. The average Bonchev–Trinajstić information content (AvgIpc) is 2.55. The van der Waals surface area contributed by atoms with Gasteiger partial charge in [0.05, 0.1) is 0 Å². The summed E-state index contributed by atoms with van der Waals surface area (Å²) in [7, 11) is 0. The first-order chi connectivity index (χ1) is 7.74. The van der Waals surface area contributed by atoms with Gasteiger partial charge in [-0.05, 0) is 26.3 Å². The van der Waals surface area contributed by atoms with E-state index in [4.69, 9.17) is 0 Å². The van der Waals surface area contributed by atoms with Crippen LogP contribution in [0.3, 0.4) is 0 Å². The van der Waals surface area contributed by atoms with Gasteiger partial charge in [-0.2, -0.15) is 0 Å². The number of halogens is 1. The maximum absolute atomic E-state index is 11.9. The first kappa shape index (κ1) is 16.7. The molecular formula is C13H27ClN2O. The van der Waals surface area contributed by atoms with Gasteiger partial charge in [0.2, 0.25) is 5.91 Å². The van der Waals surface area contributed by atoms with Crippen LogP contribution in [0.25, 0.3) is 0 Å². The van der Waals surface area contributed by atoms with Crippen LogP contribution in [0.2, 0.25) is 0 Å². The largest absolute Gasteiger partial charge is 0.354 e. The fourth-order valence-corrected chi connectivity index (χ4v) is 2.36. The Kier molecular flexibility index (Phi) is 9.56. The Morgan fingerprint density at radius 3 is 2.35 bits per heavy atom. The summed E-state index contributed by atoms with van der Waals surface area (Å²) in [6.07, 6.45) is 7.22. The second-order valence-electron chi connectivity index (χ2n) is 4.89. The highest BCUT2D eigenvalue weighted by Gasteiger charge is 2.19. The molecule has 0 aliphatic heterocycles. The Morgan fingerprint density at radius 1 is 1.24 bits per heavy atom. The number of rotatable bonds is 5. The van der Waals surface area contributed by atoms with Crippen molar-refractivity contribution in [2.24, 2.45) is 5.92 Å². The molecule has 4 heteroatoms. The highest BCUT2D eigenvalue weighted by atomic mass is 35.5. The maximum atomic E-state index is 11.9. The van der Waals surface area contributed by atoms with Crippen molar-refractivity contribution in [2.75, 3.05) is 13.1 Å². The molecule has 1 aliphatic carbocycles. The van der Waals surface area contributed by atoms with E-state index in [9.17, 15) is 4.79 Å². The van der Waals surface area contributed by atoms with Gasteiger partial charge < -0.3 is 10.6 Å².